The van der Waals surface area contributed by atoms with Crippen LogP contribution in [0.4, 0.5) is 5.69 Å². The summed E-state index contributed by atoms with van der Waals surface area (Å²) < 4.78 is 26.2. The lowest BCUT2D eigenvalue weighted by atomic mass is 9.95. The molecule has 0 aromatic heterocycles. The molecular weight excluding hydrogens is 336 g/mol. The summed E-state index contributed by atoms with van der Waals surface area (Å²) in [5.41, 5.74) is 2.39. The van der Waals surface area contributed by atoms with Gasteiger partial charge in [-0.25, -0.2) is 8.42 Å². The molecule has 2 fully saturated rings. The number of sulfonamides is 1. The number of nitrogens with one attached hydrogen (secondary N) is 1. The van der Waals surface area contributed by atoms with Crippen LogP contribution >= 0.6 is 0 Å². The number of hydrogen-bond donors (Lipinski definition) is 1. The third-order valence-electron chi connectivity index (χ3n) is 5.76. The molecule has 0 heterocycles. The molecule has 1 amide bonds. The van der Waals surface area contributed by atoms with Gasteiger partial charge in [-0.2, -0.15) is 0 Å². The van der Waals surface area contributed by atoms with E-state index >= 15 is 0 Å². The molecule has 0 spiro atoms. The molecule has 2 aliphatic carbocycles. The van der Waals surface area contributed by atoms with E-state index in [9.17, 15) is 13.2 Å². The molecule has 1 aromatic rings. The van der Waals surface area contributed by atoms with Crippen LogP contribution in [0.1, 0.15) is 43.7 Å². The highest BCUT2D eigenvalue weighted by Gasteiger charge is 2.41. The van der Waals surface area contributed by atoms with Gasteiger partial charge < -0.3 is 5.32 Å². The molecular formula is C19H28N2O3S. The lowest BCUT2D eigenvalue weighted by Gasteiger charge is -2.32. The normalized spacial score (nSPS) is 26.5. The maximum Gasteiger partial charge on any atom is 0.243 e. The standard InChI is InChI=1S/C19H28N2O3S/c1-12-5-6-13(2)18(9-12)21(25(4,23)24)14(3)19(22)20-17-11-15-7-8-16(17)10-15/h5-6,9,14-17H,7-8,10-11H2,1-4H3,(H,20,22)/t14-,15+,16+,17+/m1/s1. The Kier molecular flexibility index (Phi) is 4.84. The van der Waals surface area contributed by atoms with Gasteiger partial charge in [0, 0.05) is 6.04 Å². The van der Waals surface area contributed by atoms with Crippen molar-refractivity contribution in [2.24, 2.45) is 11.8 Å². The number of rotatable bonds is 5. The number of benzene rings is 1. The van der Waals surface area contributed by atoms with E-state index in [1.807, 2.05) is 32.0 Å². The number of hydrogen-bond acceptors (Lipinski definition) is 3. The predicted octanol–water partition coefficient (Wildman–Crippen LogP) is 2.76. The van der Waals surface area contributed by atoms with Crippen molar-refractivity contribution in [3.8, 4) is 0 Å². The summed E-state index contributed by atoms with van der Waals surface area (Å²) in [6.45, 7) is 5.46. The van der Waals surface area contributed by atoms with Crippen molar-refractivity contribution >= 4 is 21.6 Å². The third kappa shape index (κ3) is 3.68. The Morgan fingerprint density at radius 2 is 1.96 bits per heavy atom. The lowest BCUT2D eigenvalue weighted by Crippen LogP contribution is -2.51. The van der Waals surface area contributed by atoms with Gasteiger partial charge in [0.2, 0.25) is 15.9 Å². The van der Waals surface area contributed by atoms with Crippen molar-refractivity contribution in [3.63, 3.8) is 0 Å². The molecule has 0 aliphatic heterocycles. The lowest BCUT2D eigenvalue weighted by molar-refractivity contribution is -0.122. The Morgan fingerprint density at radius 1 is 1.24 bits per heavy atom. The number of fused-ring (bicyclic) bond motifs is 2. The number of anilines is 1. The van der Waals surface area contributed by atoms with Crippen LogP contribution in [0.5, 0.6) is 0 Å². The minimum Gasteiger partial charge on any atom is -0.351 e. The maximum absolute atomic E-state index is 12.8. The highest BCUT2D eigenvalue weighted by atomic mass is 32.2. The Hall–Kier alpha value is -1.56. The molecule has 3 rings (SSSR count). The Bertz CT molecular complexity index is 775. The number of nitrogens with zero attached hydrogens (tertiary/aromatic N) is 1. The number of aryl methyl sites for hydroxylation is 2. The molecule has 4 atom stereocenters. The Morgan fingerprint density at radius 3 is 2.52 bits per heavy atom. The van der Waals surface area contributed by atoms with Gasteiger partial charge in [-0.1, -0.05) is 18.6 Å². The fourth-order valence-corrected chi connectivity index (χ4v) is 5.69. The molecule has 25 heavy (non-hydrogen) atoms. The molecule has 0 unspecified atom stereocenters. The summed E-state index contributed by atoms with van der Waals surface area (Å²) >= 11 is 0. The quantitative estimate of drug-likeness (QED) is 0.874. The second-order valence-electron chi connectivity index (χ2n) is 7.81. The van der Waals surface area contributed by atoms with E-state index in [0.717, 1.165) is 29.7 Å². The monoisotopic (exact) mass is 364 g/mol. The fourth-order valence-electron chi connectivity index (χ4n) is 4.46. The van der Waals surface area contributed by atoms with Crippen LogP contribution in [0, 0.1) is 25.7 Å². The van der Waals surface area contributed by atoms with Gasteiger partial charge in [-0.15, -0.1) is 0 Å². The molecule has 2 aliphatic rings. The highest BCUT2D eigenvalue weighted by Crippen LogP contribution is 2.44. The van der Waals surface area contributed by atoms with E-state index in [-0.39, 0.29) is 11.9 Å². The van der Waals surface area contributed by atoms with Gasteiger partial charge in [0.1, 0.15) is 6.04 Å². The van der Waals surface area contributed by atoms with Crippen LogP contribution < -0.4 is 9.62 Å². The Balaban J connectivity index is 1.83. The molecule has 2 saturated carbocycles. The average Bonchev–Trinajstić information content (AvgIpc) is 3.12. The van der Waals surface area contributed by atoms with Crippen molar-refractivity contribution in [2.45, 2.75) is 58.5 Å². The van der Waals surface area contributed by atoms with E-state index in [4.69, 9.17) is 0 Å². The summed E-state index contributed by atoms with van der Waals surface area (Å²) in [5.74, 6) is 1.09. The zero-order valence-corrected chi connectivity index (χ0v) is 16.3. The van der Waals surface area contributed by atoms with Gasteiger partial charge in [0.15, 0.2) is 0 Å². The van der Waals surface area contributed by atoms with Crippen molar-refractivity contribution in [1.29, 1.82) is 0 Å². The van der Waals surface area contributed by atoms with Gasteiger partial charge in [-0.05, 0) is 69.1 Å². The van der Waals surface area contributed by atoms with Crippen molar-refractivity contribution in [3.05, 3.63) is 29.3 Å². The van der Waals surface area contributed by atoms with Crippen LogP contribution in [-0.4, -0.2) is 32.7 Å². The first-order valence-corrected chi connectivity index (χ1v) is 10.9. The van der Waals surface area contributed by atoms with Gasteiger partial charge >= 0.3 is 0 Å². The van der Waals surface area contributed by atoms with Crippen LogP contribution in [0.2, 0.25) is 0 Å². The van der Waals surface area contributed by atoms with Crippen LogP contribution in [0.15, 0.2) is 18.2 Å². The summed E-state index contributed by atoms with van der Waals surface area (Å²) in [7, 11) is -3.57. The van der Waals surface area contributed by atoms with E-state index in [0.29, 0.717) is 11.6 Å². The zero-order chi connectivity index (χ0) is 18.4. The first kappa shape index (κ1) is 18.2. The largest absolute Gasteiger partial charge is 0.351 e. The summed E-state index contributed by atoms with van der Waals surface area (Å²) in [6.07, 6.45) is 5.84. The SMILES string of the molecule is Cc1ccc(C)c(N([C@H](C)C(=O)N[C@H]2C[C@H]3CC[C@H]2C3)S(C)(=O)=O)c1. The fraction of sp³-hybridized carbons (Fsp3) is 0.632. The molecule has 2 bridgehead atoms. The summed E-state index contributed by atoms with van der Waals surface area (Å²) in [4.78, 5) is 12.8. The highest BCUT2D eigenvalue weighted by molar-refractivity contribution is 7.92. The second kappa shape index (κ2) is 6.63. The van der Waals surface area contributed by atoms with Gasteiger partial charge in [0.25, 0.3) is 0 Å². The van der Waals surface area contributed by atoms with E-state index in [2.05, 4.69) is 5.32 Å². The number of carbonyl (C=O) groups excluding carboxylic acids is 1. The number of carbonyl (C=O) groups is 1. The van der Waals surface area contributed by atoms with E-state index in [1.54, 1.807) is 6.92 Å². The summed E-state index contributed by atoms with van der Waals surface area (Å²) in [5, 5.41) is 3.12. The van der Waals surface area contributed by atoms with Crippen molar-refractivity contribution in [2.75, 3.05) is 10.6 Å². The molecule has 5 nitrogen and oxygen atoms in total. The van der Waals surface area contributed by atoms with E-state index < -0.39 is 16.1 Å². The smallest absolute Gasteiger partial charge is 0.243 e. The summed E-state index contributed by atoms with van der Waals surface area (Å²) in [6, 6.07) is 5.10. The Labute approximate surface area is 150 Å². The second-order valence-corrected chi connectivity index (χ2v) is 9.67. The average molecular weight is 365 g/mol. The van der Waals surface area contributed by atoms with Gasteiger partial charge in [0.05, 0.1) is 11.9 Å². The third-order valence-corrected chi connectivity index (χ3v) is 6.98. The van der Waals surface area contributed by atoms with Crippen molar-refractivity contribution in [1.82, 2.24) is 5.32 Å². The van der Waals surface area contributed by atoms with Crippen LogP contribution in [0.3, 0.4) is 0 Å². The first-order valence-electron chi connectivity index (χ1n) is 9.04. The first-order chi connectivity index (χ1) is 11.7. The minimum atomic E-state index is -3.57. The molecule has 1 aromatic carbocycles. The molecule has 0 saturated heterocycles. The maximum atomic E-state index is 12.8. The van der Waals surface area contributed by atoms with Crippen LogP contribution in [0.25, 0.3) is 0 Å². The van der Waals surface area contributed by atoms with Crippen molar-refractivity contribution < 1.29 is 13.2 Å². The minimum absolute atomic E-state index is 0.203. The number of amides is 1. The zero-order valence-electron chi connectivity index (χ0n) is 15.5. The van der Waals surface area contributed by atoms with Crippen LogP contribution in [-0.2, 0) is 14.8 Å². The molecule has 6 heteroatoms. The predicted molar refractivity (Wildman–Crippen MR) is 100 cm³/mol. The molecule has 0 radical (unpaired) electrons. The van der Waals surface area contributed by atoms with Gasteiger partial charge in [-0.3, -0.25) is 9.10 Å². The topological polar surface area (TPSA) is 66.5 Å². The molecule has 138 valence electrons. The molecule has 1 N–H and O–H groups in total. The van der Waals surface area contributed by atoms with E-state index in [1.165, 1.54) is 23.6 Å².